The third-order valence-corrected chi connectivity index (χ3v) is 4.26. The molecule has 0 aliphatic heterocycles. The second-order valence-corrected chi connectivity index (χ2v) is 7.02. The summed E-state index contributed by atoms with van der Waals surface area (Å²) in [4.78, 5) is 15.0. The van der Waals surface area contributed by atoms with Crippen molar-refractivity contribution in [3.8, 4) is 0 Å². The topological polar surface area (TPSA) is 75.4 Å². The number of aryl methyl sites for hydroxylation is 1. The molecule has 0 fully saturated rings. The van der Waals surface area contributed by atoms with Crippen molar-refractivity contribution in [2.75, 3.05) is 11.1 Å². The zero-order chi connectivity index (χ0) is 16.3. The van der Waals surface area contributed by atoms with Crippen molar-refractivity contribution < 1.29 is 14.3 Å². The van der Waals surface area contributed by atoms with Crippen LogP contribution in [-0.4, -0.2) is 26.1 Å². The Bertz CT molecular complexity index is 710. The van der Waals surface area contributed by atoms with Gasteiger partial charge in [0.2, 0.25) is 0 Å². The van der Waals surface area contributed by atoms with Gasteiger partial charge in [0.1, 0.15) is 9.84 Å². The number of benzene rings is 1. The number of oxazole rings is 1. The lowest BCUT2D eigenvalue weighted by molar-refractivity contribution is -0.136. The van der Waals surface area contributed by atoms with Gasteiger partial charge in [-0.2, -0.15) is 0 Å². The number of fused-ring (bicyclic) bond motifs is 1. The Morgan fingerprint density at radius 3 is 2.86 bits per heavy atom. The molecule has 1 heterocycles. The average Bonchev–Trinajstić information content (AvgIpc) is 2.81. The third-order valence-electron chi connectivity index (χ3n) is 3.03. The SMILES string of the molecule is Cc1cc2nc(C(C)C)oc2cc1NC(=S)SCCC(=O)O. The molecule has 7 heteroatoms. The highest BCUT2D eigenvalue weighted by atomic mass is 32.2. The fraction of sp³-hybridized carbons (Fsp3) is 0.400. The van der Waals surface area contributed by atoms with Crippen molar-refractivity contribution in [1.82, 2.24) is 4.98 Å². The van der Waals surface area contributed by atoms with Crippen LogP contribution in [0.2, 0.25) is 0 Å². The average molecular weight is 338 g/mol. The molecule has 1 aromatic heterocycles. The number of carboxylic acids is 1. The Morgan fingerprint density at radius 2 is 2.23 bits per heavy atom. The van der Waals surface area contributed by atoms with E-state index in [9.17, 15) is 4.79 Å². The van der Waals surface area contributed by atoms with Crippen molar-refractivity contribution >= 4 is 51.1 Å². The van der Waals surface area contributed by atoms with Gasteiger partial charge in [-0.1, -0.05) is 37.8 Å². The molecule has 5 nitrogen and oxygen atoms in total. The molecule has 0 atom stereocenters. The van der Waals surface area contributed by atoms with Gasteiger partial charge in [0.05, 0.1) is 6.42 Å². The number of carboxylic acid groups (broad SMARTS) is 1. The molecule has 0 radical (unpaired) electrons. The van der Waals surface area contributed by atoms with Crippen molar-refractivity contribution in [3.63, 3.8) is 0 Å². The number of carbonyl (C=O) groups is 1. The number of thiocarbonyl (C=S) groups is 1. The first-order valence-electron chi connectivity index (χ1n) is 6.93. The number of thioether (sulfide) groups is 1. The Hall–Kier alpha value is -1.60. The first-order valence-corrected chi connectivity index (χ1v) is 8.33. The molecule has 2 rings (SSSR count). The van der Waals surface area contributed by atoms with E-state index in [1.807, 2.05) is 32.9 Å². The summed E-state index contributed by atoms with van der Waals surface area (Å²) < 4.78 is 6.29. The maximum Gasteiger partial charge on any atom is 0.304 e. The first kappa shape index (κ1) is 16.8. The predicted octanol–water partition coefficient (Wildman–Crippen LogP) is 4.16. The number of nitrogens with zero attached hydrogens (tertiary/aromatic N) is 1. The minimum Gasteiger partial charge on any atom is -0.481 e. The second-order valence-electron chi connectivity index (χ2n) is 5.25. The lowest BCUT2D eigenvalue weighted by Gasteiger charge is -2.09. The molecule has 2 aromatic rings. The van der Waals surface area contributed by atoms with Gasteiger partial charge in [0, 0.05) is 23.4 Å². The standard InChI is InChI=1S/C15H18N2O3S2/c1-8(2)14-16-11-6-9(3)10(7-12(11)20-14)17-15(21)22-5-4-13(18)19/h6-8H,4-5H2,1-3H3,(H,17,21)(H,18,19). The van der Waals surface area contributed by atoms with E-state index in [1.54, 1.807) is 0 Å². The molecule has 22 heavy (non-hydrogen) atoms. The normalized spacial score (nSPS) is 11.1. The van der Waals surface area contributed by atoms with Gasteiger partial charge in [-0.3, -0.25) is 4.79 Å². The van der Waals surface area contributed by atoms with Gasteiger partial charge in [-0.25, -0.2) is 4.98 Å². The highest BCUT2D eigenvalue weighted by molar-refractivity contribution is 8.23. The van der Waals surface area contributed by atoms with Crippen LogP contribution >= 0.6 is 24.0 Å². The number of nitrogens with one attached hydrogen (secondary N) is 1. The summed E-state index contributed by atoms with van der Waals surface area (Å²) in [5.74, 6) is 0.569. The lowest BCUT2D eigenvalue weighted by atomic mass is 10.2. The molecule has 1 aromatic carbocycles. The van der Waals surface area contributed by atoms with Crippen molar-refractivity contribution in [2.45, 2.75) is 33.1 Å². The minimum atomic E-state index is -0.823. The van der Waals surface area contributed by atoms with Gasteiger partial charge >= 0.3 is 5.97 Å². The summed E-state index contributed by atoms with van der Waals surface area (Å²) in [5.41, 5.74) is 3.41. The van der Waals surface area contributed by atoms with Crippen LogP contribution in [0.1, 0.15) is 37.6 Å². The molecule has 0 spiro atoms. The maximum absolute atomic E-state index is 10.5. The highest BCUT2D eigenvalue weighted by Crippen LogP contribution is 2.27. The molecule has 0 bridgehead atoms. The largest absolute Gasteiger partial charge is 0.481 e. The molecular weight excluding hydrogens is 320 g/mol. The molecule has 0 amide bonds. The minimum absolute atomic E-state index is 0.0877. The van der Waals surface area contributed by atoms with Gasteiger partial charge in [-0.05, 0) is 18.6 Å². The van der Waals surface area contributed by atoms with E-state index in [0.717, 1.165) is 22.4 Å². The number of aliphatic carboxylic acids is 1. The number of rotatable bonds is 5. The van der Waals surface area contributed by atoms with Crippen LogP contribution < -0.4 is 5.32 Å². The fourth-order valence-corrected chi connectivity index (χ4v) is 2.86. The summed E-state index contributed by atoms with van der Waals surface area (Å²) in [6, 6.07) is 3.84. The van der Waals surface area contributed by atoms with Gasteiger partial charge in [0.15, 0.2) is 11.5 Å². The number of aromatic nitrogens is 1. The highest BCUT2D eigenvalue weighted by Gasteiger charge is 2.12. The second kappa shape index (κ2) is 7.11. The van der Waals surface area contributed by atoms with Crippen molar-refractivity contribution in [2.24, 2.45) is 0 Å². The number of anilines is 1. The first-order chi connectivity index (χ1) is 10.4. The molecule has 0 aliphatic rings. The van der Waals surface area contributed by atoms with E-state index in [0.29, 0.717) is 16.0 Å². The zero-order valence-corrected chi connectivity index (χ0v) is 14.3. The van der Waals surface area contributed by atoms with E-state index in [1.165, 1.54) is 11.8 Å². The zero-order valence-electron chi connectivity index (χ0n) is 12.7. The Morgan fingerprint density at radius 1 is 1.50 bits per heavy atom. The molecular formula is C15H18N2O3S2. The van der Waals surface area contributed by atoms with E-state index >= 15 is 0 Å². The maximum atomic E-state index is 10.5. The Kier molecular flexibility index (Phi) is 5.42. The molecule has 0 unspecified atom stereocenters. The van der Waals surface area contributed by atoms with E-state index in [2.05, 4.69) is 10.3 Å². The molecule has 0 aliphatic carbocycles. The monoisotopic (exact) mass is 338 g/mol. The Labute approximate surface area is 138 Å². The van der Waals surface area contributed by atoms with E-state index in [-0.39, 0.29) is 12.3 Å². The summed E-state index contributed by atoms with van der Waals surface area (Å²) in [6.07, 6.45) is 0.0877. The summed E-state index contributed by atoms with van der Waals surface area (Å²) in [6.45, 7) is 6.03. The van der Waals surface area contributed by atoms with E-state index in [4.69, 9.17) is 21.7 Å². The summed E-state index contributed by atoms with van der Waals surface area (Å²) in [5, 5.41) is 11.8. The molecule has 118 valence electrons. The quantitative estimate of drug-likeness (QED) is 0.793. The smallest absolute Gasteiger partial charge is 0.304 e. The van der Waals surface area contributed by atoms with Crippen molar-refractivity contribution in [1.29, 1.82) is 0 Å². The van der Waals surface area contributed by atoms with Crippen LogP contribution in [0.25, 0.3) is 11.1 Å². The van der Waals surface area contributed by atoms with Gasteiger partial charge in [-0.15, -0.1) is 0 Å². The van der Waals surface area contributed by atoms with Crippen LogP contribution in [0.3, 0.4) is 0 Å². The summed E-state index contributed by atoms with van der Waals surface area (Å²) >= 11 is 6.55. The van der Waals surface area contributed by atoms with Crippen LogP contribution in [0.4, 0.5) is 5.69 Å². The summed E-state index contributed by atoms with van der Waals surface area (Å²) in [7, 11) is 0. The predicted molar refractivity (Wildman–Crippen MR) is 93.8 cm³/mol. The molecule has 2 N–H and O–H groups in total. The van der Waals surface area contributed by atoms with Crippen LogP contribution in [0, 0.1) is 6.92 Å². The lowest BCUT2D eigenvalue weighted by Crippen LogP contribution is -2.08. The number of hydrogen-bond acceptors (Lipinski definition) is 5. The van der Waals surface area contributed by atoms with Crippen molar-refractivity contribution in [3.05, 3.63) is 23.6 Å². The number of hydrogen-bond donors (Lipinski definition) is 2. The Balaban J connectivity index is 2.12. The van der Waals surface area contributed by atoms with Gasteiger partial charge < -0.3 is 14.8 Å². The molecule has 0 saturated carbocycles. The van der Waals surface area contributed by atoms with Gasteiger partial charge in [0.25, 0.3) is 0 Å². The molecule has 0 saturated heterocycles. The van der Waals surface area contributed by atoms with Crippen LogP contribution in [0.15, 0.2) is 16.5 Å². The van der Waals surface area contributed by atoms with Crippen LogP contribution in [0.5, 0.6) is 0 Å². The third kappa shape index (κ3) is 4.20. The van der Waals surface area contributed by atoms with Crippen LogP contribution in [-0.2, 0) is 4.79 Å². The van der Waals surface area contributed by atoms with E-state index < -0.39 is 5.97 Å². The fourth-order valence-electron chi connectivity index (χ4n) is 1.85.